The van der Waals surface area contributed by atoms with E-state index in [1.807, 2.05) is 66.7 Å². The number of nitrogens with zero attached hydrogens (tertiary/aromatic N) is 3. The lowest BCUT2D eigenvalue weighted by atomic mass is 9.99. The molecular weight excluding hydrogens is 484 g/mol. The summed E-state index contributed by atoms with van der Waals surface area (Å²) in [4.78, 5) is 42.2. The van der Waals surface area contributed by atoms with Crippen molar-refractivity contribution in [2.75, 3.05) is 23.9 Å². The first-order chi connectivity index (χ1) is 18.2. The van der Waals surface area contributed by atoms with Crippen LogP contribution in [0.4, 0.5) is 21.0 Å². The molecule has 2 N–H and O–H groups in total. The van der Waals surface area contributed by atoms with E-state index in [2.05, 4.69) is 5.32 Å². The number of nitrogens with one attached hydrogen (secondary N) is 1. The van der Waals surface area contributed by atoms with Crippen LogP contribution in [0.25, 0.3) is 21.5 Å². The summed E-state index contributed by atoms with van der Waals surface area (Å²) in [6.45, 7) is 3.04. The molecule has 9 heteroatoms. The van der Waals surface area contributed by atoms with Gasteiger partial charge in [-0.2, -0.15) is 5.06 Å². The molecule has 0 radical (unpaired) electrons. The molecule has 1 heterocycles. The molecule has 4 amide bonds. The maximum Gasteiger partial charge on any atom is 0.347 e. The minimum atomic E-state index is -1.19. The minimum Gasteiger partial charge on any atom is -0.468 e. The average molecular weight is 513 g/mol. The number of fused-ring (bicyclic) bond motifs is 2. The third kappa shape index (κ3) is 4.16. The number of rotatable bonds is 5. The second-order valence-electron chi connectivity index (χ2n) is 9.64. The van der Waals surface area contributed by atoms with E-state index in [-0.39, 0.29) is 6.54 Å². The van der Waals surface area contributed by atoms with Gasteiger partial charge < -0.3 is 15.0 Å². The van der Waals surface area contributed by atoms with Crippen LogP contribution < -0.4 is 10.2 Å². The van der Waals surface area contributed by atoms with Crippen molar-refractivity contribution in [3.8, 4) is 0 Å². The molecule has 1 saturated heterocycles. The molecule has 1 atom stereocenters. The van der Waals surface area contributed by atoms with Gasteiger partial charge in [-0.05, 0) is 36.8 Å². The third-order valence-corrected chi connectivity index (χ3v) is 7.02. The van der Waals surface area contributed by atoms with Gasteiger partial charge in [-0.25, -0.2) is 9.59 Å². The smallest absolute Gasteiger partial charge is 0.347 e. The van der Waals surface area contributed by atoms with E-state index in [9.17, 15) is 19.6 Å². The summed E-state index contributed by atoms with van der Waals surface area (Å²) in [5.41, 5.74) is -0.180. The van der Waals surface area contributed by atoms with Crippen LogP contribution in [0.15, 0.2) is 84.9 Å². The molecule has 0 saturated carbocycles. The highest BCUT2D eigenvalue weighted by atomic mass is 16.5. The lowest BCUT2D eigenvalue weighted by Gasteiger charge is -2.38. The van der Waals surface area contributed by atoms with Gasteiger partial charge in [0.1, 0.15) is 6.54 Å². The number of amides is 4. The molecule has 1 aliphatic rings. The fraction of sp³-hybridized carbons (Fsp3) is 0.207. The zero-order valence-electron chi connectivity index (χ0n) is 21.3. The number of hydrogen-bond acceptors (Lipinski definition) is 5. The third-order valence-electron chi connectivity index (χ3n) is 7.02. The Hall–Kier alpha value is -4.63. The van der Waals surface area contributed by atoms with Crippen LogP contribution in [0, 0.1) is 0 Å². The molecule has 0 spiro atoms. The molecule has 1 fully saturated rings. The summed E-state index contributed by atoms with van der Waals surface area (Å²) in [6, 6.07) is 24.6. The van der Waals surface area contributed by atoms with Crippen LogP contribution in [0.3, 0.4) is 0 Å². The van der Waals surface area contributed by atoms with Crippen molar-refractivity contribution in [1.29, 1.82) is 0 Å². The monoisotopic (exact) mass is 512 g/mol. The molecule has 38 heavy (non-hydrogen) atoms. The predicted octanol–water partition coefficient (Wildman–Crippen LogP) is 5.44. The van der Waals surface area contributed by atoms with Crippen LogP contribution >= 0.6 is 0 Å². The van der Waals surface area contributed by atoms with Crippen LogP contribution in [-0.4, -0.2) is 58.6 Å². The fourth-order valence-electron chi connectivity index (χ4n) is 5.08. The maximum atomic E-state index is 13.9. The van der Waals surface area contributed by atoms with Gasteiger partial charge >= 0.3 is 18.0 Å². The summed E-state index contributed by atoms with van der Waals surface area (Å²) in [6.07, 6.45) is -1.18. The number of carbonyl (C=O) groups is 3. The van der Waals surface area contributed by atoms with Gasteiger partial charge in [0.25, 0.3) is 0 Å². The number of anilines is 2. The zero-order valence-corrected chi connectivity index (χ0v) is 21.3. The highest BCUT2D eigenvalue weighted by Crippen LogP contribution is 2.40. The summed E-state index contributed by atoms with van der Waals surface area (Å²) < 4.78 is 4.82. The van der Waals surface area contributed by atoms with Gasteiger partial charge in [0.15, 0.2) is 6.17 Å². The van der Waals surface area contributed by atoms with Crippen LogP contribution in [0.1, 0.15) is 13.8 Å². The van der Waals surface area contributed by atoms with Crippen molar-refractivity contribution < 1.29 is 24.3 Å². The van der Waals surface area contributed by atoms with E-state index in [4.69, 9.17) is 4.74 Å². The minimum absolute atomic E-state index is 0.348. The Morgan fingerprint density at radius 1 is 0.921 bits per heavy atom. The van der Waals surface area contributed by atoms with Crippen molar-refractivity contribution in [2.45, 2.75) is 25.6 Å². The molecule has 0 aromatic heterocycles. The lowest BCUT2D eigenvalue weighted by Crippen LogP contribution is -2.58. The normalized spacial score (nSPS) is 16.6. The van der Waals surface area contributed by atoms with Crippen LogP contribution in [0.5, 0.6) is 0 Å². The van der Waals surface area contributed by atoms with Crippen LogP contribution in [0.2, 0.25) is 0 Å². The fourth-order valence-corrected chi connectivity index (χ4v) is 5.08. The number of benzene rings is 4. The topological polar surface area (TPSA) is 102 Å². The van der Waals surface area contributed by atoms with Gasteiger partial charge in [-0.15, -0.1) is 0 Å². The standard InChI is InChI=1S/C29H28N4O5/c1-29(2)26(33(37)27(35)30-23-16-8-12-19-10-4-6-14-21(19)23)32(28(36)31(29)18-25(34)38-3)24-17-9-13-20-11-5-7-15-22(20)24/h4-17,26,37H,18H2,1-3H3,(H,30,35)/t26-/m0/s1. The second-order valence-corrected chi connectivity index (χ2v) is 9.64. The number of methoxy groups -OCH3 is 1. The Bertz CT molecular complexity index is 1540. The first kappa shape index (κ1) is 25.0. The summed E-state index contributed by atoms with van der Waals surface area (Å²) in [5, 5.41) is 18.1. The Morgan fingerprint density at radius 2 is 1.50 bits per heavy atom. The van der Waals surface area contributed by atoms with E-state index in [0.717, 1.165) is 21.5 Å². The SMILES string of the molecule is COC(=O)CN1C(=O)N(c2cccc3ccccc23)[C@@H](N(O)C(=O)Nc2cccc3ccccc23)C1(C)C. The number of urea groups is 2. The molecule has 4 aromatic carbocycles. The van der Waals surface area contributed by atoms with E-state index in [0.29, 0.717) is 16.4 Å². The molecule has 9 nitrogen and oxygen atoms in total. The highest BCUT2D eigenvalue weighted by molar-refractivity contribution is 6.07. The number of hydroxylamine groups is 2. The molecule has 194 valence electrons. The first-order valence-corrected chi connectivity index (χ1v) is 12.2. The largest absolute Gasteiger partial charge is 0.468 e. The summed E-state index contributed by atoms with van der Waals surface area (Å²) in [5.74, 6) is -0.616. The average Bonchev–Trinajstić information content (AvgIpc) is 3.12. The maximum absolute atomic E-state index is 13.9. The Morgan fingerprint density at radius 3 is 2.18 bits per heavy atom. The van der Waals surface area contributed by atoms with Gasteiger partial charge in [0, 0.05) is 10.8 Å². The van der Waals surface area contributed by atoms with Crippen molar-refractivity contribution in [1.82, 2.24) is 9.96 Å². The molecule has 1 aliphatic heterocycles. The van der Waals surface area contributed by atoms with Gasteiger partial charge in [-0.3, -0.25) is 14.9 Å². The number of ether oxygens (including phenoxy) is 1. The first-order valence-electron chi connectivity index (χ1n) is 12.2. The summed E-state index contributed by atoms with van der Waals surface area (Å²) in [7, 11) is 1.24. The lowest BCUT2D eigenvalue weighted by molar-refractivity contribution is -0.143. The Labute approximate surface area is 219 Å². The molecule has 0 aliphatic carbocycles. The number of hydrogen-bond donors (Lipinski definition) is 2. The molecule has 0 unspecified atom stereocenters. The summed E-state index contributed by atoms with van der Waals surface area (Å²) >= 11 is 0. The Kier molecular flexibility index (Phi) is 6.38. The van der Waals surface area contributed by atoms with Crippen molar-refractivity contribution >= 4 is 51.0 Å². The predicted molar refractivity (Wildman–Crippen MR) is 145 cm³/mol. The van der Waals surface area contributed by atoms with E-state index >= 15 is 0 Å². The molecule has 5 rings (SSSR count). The molecular formula is C29H28N4O5. The van der Waals surface area contributed by atoms with E-state index in [1.165, 1.54) is 16.9 Å². The Balaban J connectivity index is 1.58. The van der Waals surface area contributed by atoms with Gasteiger partial charge in [0.05, 0.1) is 24.0 Å². The number of carbonyl (C=O) groups excluding carboxylic acids is 3. The van der Waals surface area contributed by atoms with Crippen LogP contribution in [-0.2, 0) is 9.53 Å². The highest BCUT2D eigenvalue weighted by Gasteiger charge is 2.56. The molecule has 0 bridgehead atoms. The number of esters is 1. The quantitative estimate of drug-likeness (QED) is 0.211. The van der Waals surface area contributed by atoms with Crippen molar-refractivity contribution in [2.24, 2.45) is 0 Å². The van der Waals surface area contributed by atoms with E-state index in [1.54, 1.807) is 32.0 Å². The second kappa shape index (κ2) is 9.68. The van der Waals surface area contributed by atoms with Crippen molar-refractivity contribution in [3.63, 3.8) is 0 Å². The van der Waals surface area contributed by atoms with Gasteiger partial charge in [-0.1, -0.05) is 72.8 Å². The molecule has 4 aromatic rings. The van der Waals surface area contributed by atoms with Crippen molar-refractivity contribution in [3.05, 3.63) is 84.9 Å². The van der Waals surface area contributed by atoms with E-state index < -0.39 is 29.7 Å². The van der Waals surface area contributed by atoms with Gasteiger partial charge in [0.2, 0.25) is 0 Å². The zero-order chi connectivity index (χ0) is 27.0.